The van der Waals surface area contributed by atoms with E-state index >= 15 is 0 Å². The van der Waals surface area contributed by atoms with E-state index in [1.165, 1.54) is 0 Å². The lowest BCUT2D eigenvalue weighted by atomic mass is 10.3. The van der Waals surface area contributed by atoms with Gasteiger partial charge in [-0.3, -0.25) is 4.21 Å². The van der Waals surface area contributed by atoms with Crippen molar-refractivity contribution in [3.8, 4) is 0 Å². The number of rotatable bonds is 5. The number of nitrogens with zero attached hydrogens (tertiary/aromatic N) is 1. The van der Waals surface area contributed by atoms with Crippen molar-refractivity contribution in [1.29, 1.82) is 0 Å². The molecule has 0 bridgehead atoms. The minimum absolute atomic E-state index is 0.473. The largest absolute Gasteiger partial charge is 0.468 e. The predicted octanol–water partition coefficient (Wildman–Crippen LogP) is 3.30. The van der Waals surface area contributed by atoms with Crippen molar-refractivity contribution in [3.05, 3.63) is 34.2 Å². The van der Waals surface area contributed by atoms with Gasteiger partial charge >= 0.3 is 0 Å². The molecule has 17 heavy (non-hydrogen) atoms. The van der Waals surface area contributed by atoms with Crippen LogP contribution in [0.15, 0.2) is 27.0 Å². The average molecular weight is 269 g/mol. The highest BCUT2D eigenvalue weighted by molar-refractivity contribution is 7.84. The van der Waals surface area contributed by atoms with E-state index in [0.29, 0.717) is 5.75 Å². The molecule has 0 saturated carbocycles. The third-order valence-corrected chi connectivity index (χ3v) is 4.83. The summed E-state index contributed by atoms with van der Waals surface area (Å²) < 4.78 is 17.2. The Kier molecular flexibility index (Phi) is 4.12. The van der Waals surface area contributed by atoms with Crippen LogP contribution < -0.4 is 0 Å². The number of hydrogen-bond acceptors (Lipinski definition) is 4. The van der Waals surface area contributed by atoms with E-state index in [2.05, 4.69) is 11.9 Å². The van der Waals surface area contributed by atoms with Gasteiger partial charge in [0.1, 0.15) is 5.76 Å². The first-order valence-corrected chi connectivity index (χ1v) is 7.76. The molecule has 1 unspecified atom stereocenters. The summed E-state index contributed by atoms with van der Waals surface area (Å²) in [6.45, 7) is 3.96. The van der Waals surface area contributed by atoms with Gasteiger partial charge in [0.25, 0.3) is 0 Å². The summed E-state index contributed by atoms with van der Waals surface area (Å²) in [7, 11) is -1.06. The lowest BCUT2D eigenvalue weighted by Gasteiger charge is -1.97. The zero-order chi connectivity index (χ0) is 12.3. The SMILES string of the molecule is CCCc1nc(CS(=O)c2ccoc2C)cs1. The predicted molar refractivity (Wildman–Crippen MR) is 69.7 cm³/mol. The number of aromatic nitrogens is 1. The van der Waals surface area contributed by atoms with E-state index in [9.17, 15) is 4.21 Å². The third-order valence-electron chi connectivity index (χ3n) is 2.40. The van der Waals surface area contributed by atoms with Crippen molar-refractivity contribution in [2.24, 2.45) is 0 Å². The van der Waals surface area contributed by atoms with Crippen LogP contribution in [0.5, 0.6) is 0 Å². The van der Waals surface area contributed by atoms with Crippen LogP contribution in [0, 0.1) is 6.92 Å². The number of aryl methyl sites for hydroxylation is 2. The highest BCUT2D eigenvalue weighted by Crippen LogP contribution is 2.19. The lowest BCUT2D eigenvalue weighted by Crippen LogP contribution is -1.97. The van der Waals surface area contributed by atoms with E-state index in [-0.39, 0.29) is 0 Å². The van der Waals surface area contributed by atoms with Crippen LogP contribution in [0.2, 0.25) is 0 Å². The highest BCUT2D eigenvalue weighted by atomic mass is 32.2. The van der Waals surface area contributed by atoms with Crippen molar-refractivity contribution in [1.82, 2.24) is 4.98 Å². The molecule has 0 saturated heterocycles. The van der Waals surface area contributed by atoms with E-state index in [4.69, 9.17) is 4.42 Å². The summed E-state index contributed by atoms with van der Waals surface area (Å²) in [6.07, 6.45) is 3.67. The molecule has 0 N–H and O–H groups in total. The molecule has 92 valence electrons. The molecule has 2 aromatic heterocycles. The van der Waals surface area contributed by atoms with Crippen molar-refractivity contribution >= 4 is 22.1 Å². The first kappa shape index (κ1) is 12.5. The molecule has 0 aliphatic carbocycles. The second-order valence-corrected chi connectivity index (χ2v) is 6.18. The minimum atomic E-state index is -1.06. The number of thiazole rings is 1. The van der Waals surface area contributed by atoms with E-state index in [0.717, 1.165) is 34.2 Å². The van der Waals surface area contributed by atoms with Gasteiger partial charge < -0.3 is 4.42 Å². The molecule has 0 radical (unpaired) electrons. The smallest absolute Gasteiger partial charge is 0.116 e. The van der Waals surface area contributed by atoms with Crippen LogP contribution in [0.1, 0.15) is 29.8 Å². The van der Waals surface area contributed by atoms with Gasteiger partial charge in [0.05, 0.1) is 38.4 Å². The normalized spacial score (nSPS) is 12.8. The number of hydrogen-bond donors (Lipinski definition) is 0. The van der Waals surface area contributed by atoms with Gasteiger partial charge in [0.2, 0.25) is 0 Å². The van der Waals surface area contributed by atoms with Crippen molar-refractivity contribution in [3.63, 3.8) is 0 Å². The molecular weight excluding hydrogens is 254 g/mol. The molecule has 0 fully saturated rings. The minimum Gasteiger partial charge on any atom is -0.468 e. The summed E-state index contributed by atoms with van der Waals surface area (Å²) in [5, 5.41) is 3.13. The monoisotopic (exact) mass is 269 g/mol. The standard InChI is InChI=1S/C12H15NO2S2/c1-3-4-12-13-10(7-16-12)8-17(14)11-5-6-15-9(11)2/h5-7H,3-4,8H2,1-2H3. The first-order chi connectivity index (χ1) is 8.20. The topological polar surface area (TPSA) is 43.1 Å². The van der Waals surface area contributed by atoms with Crippen molar-refractivity contribution in [2.45, 2.75) is 37.3 Å². The molecule has 0 aliphatic heterocycles. The Hall–Kier alpha value is -0.940. The molecule has 2 aromatic rings. The molecule has 0 spiro atoms. The molecule has 5 heteroatoms. The molecule has 1 atom stereocenters. The van der Waals surface area contributed by atoms with E-state index in [1.807, 2.05) is 12.3 Å². The summed E-state index contributed by atoms with van der Waals surface area (Å²) in [5.41, 5.74) is 0.914. The summed E-state index contributed by atoms with van der Waals surface area (Å²) >= 11 is 1.65. The Balaban J connectivity index is 2.05. The van der Waals surface area contributed by atoms with E-state index < -0.39 is 10.8 Å². The molecule has 3 nitrogen and oxygen atoms in total. The molecular formula is C12H15NO2S2. The van der Waals surface area contributed by atoms with Crippen LogP contribution in [0.4, 0.5) is 0 Å². The quantitative estimate of drug-likeness (QED) is 0.836. The van der Waals surface area contributed by atoms with Gasteiger partial charge in [0, 0.05) is 5.38 Å². The first-order valence-electron chi connectivity index (χ1n) is 5.56. The van der Waals surface area contributed by atoms with Crippen LogP contribution in [0.25, 0.3) is 0 Å². The molecule has 0 aliphatic rings. The Bertz CT molecular complexity index is 516. The Labute approximate surface area is 107 Å². The van der Waals surface area contributed by atoms with Crippen LogP contribution >= 0.6 is 11.3 Å². The molecule has 2 rings (SSSR count). The van der Waals surface area contributed by atoms with Gasteiger partial charge in [0.15, 0.2) is 0 Å². The van der Waals surface area contributed by atoms with Gasteiger partial charge in [-0.1, -0.05) is 6.92 Å². The maximum atomic E-state index is 12.1. The fraction of sp³-hybridized carbons (Fsp3) is 0.417. The maximum Gasteiger partial charge on any atom is 0.116 e. The van der Waals surface area contributed by atoms with Gasteiger partial charge in [-0.2, -0.15) is 0 Å². The van der Waals surface area contributed by atoms with Crippen LogP contribution in [-0.2, 0) is 23.0 Å². The summed E-state index contributed by atoms with van der Waals surface area (Å²) in [4.78, 5) is 5.25. The third kappa shape index (κ3) is 3.04. The zero-order valence-corrected chi connectivity index (χ0v) is 11.6. The maximum absolute atomic E-state index is 12.1. The average Bonchev–Trinajstić information content (AvgIpc) is 2.88. The fourth-order valence-electron chi connectivity index (χ4n) is 1.57. The zero-order valence-electron chi connectivity index (χ0n) is 9.93. The van der Waals surface area contributed by atoms with Crippen molar-refractivity contribution < 1.29 is 8.63 Å². The lowest BCUT2D eigenvalue weighted by molar-refractivity contribution is 0.526. The Morgan fingerprint density at radius 3 is 3.00 bits per heavy atom. The van der Waals surface area contributed by atoms with Gasteiger partial charge in [-0.05, 0) is 25.8 Å². The second-order valence-electron chi connectivity index (χ2n) is 3.81. The van der Waals surface area contributed by atoms with Gasteiger partial charge in [-0.25, -0.2) is 4.98 Å². The number of furan rings is 1. The molecule has 0 aromatic carbocycles. The summed E-state index contributed by atoms with van der Waals surface area (Å²) in [5.74, 6) is 1.20. The van der Waals surface area contributed by atoms with Crippen LogP contribution in [0.3, 0.4) is 0 Å². The van der Waals surface area contributed by atoms with Crippen LogP contribution in [-0.4, -0.2) is 9.19 Å². The molecule has 0 amide bonds. The highest BCUT2D eigenvalue weighted by Gasteiger charge is 2.12. The fourth-order valence-corrected chi connectivity index (χ4v) is 3.72. The Morgan fingerprint density at radius 2 is 2.35 bits per heavy atom. The van der Waals surface area contributed by atoms with E-state index in [1.54, 1.807) is 23.7 Å². The van der Waals surface area contributed by atoms with Crippen molar-refractivity contribution in [2.75, 3.05) is 0 Å². The van der Waals surface area contributed by atoms with Gasteiger partial charge in [-0.15, -0.1) is 11.3 Å². The molecule has 2 heterocycles. The second kappa shape index (κ2) is 5.60. The Morgan fingerprint density at radius 1 is 1.53 bits per heavy atom. The summed E-state index contributed by atoms with van der Waals surface area (Å²) in [6, 6.07) is 1.77.